The Morgan fingerprint density at radius 2 is 1.83 bits per heavy atom. The number of benzene rings is 2. The highest BCUT2D eigenvalue weighted by Gasteiger charge is 2.44. The van der Waals surface area contributed by atoms with E-state index in [0.29, 0.717) is 5.69 Å². The van der Waals surface area contributed by atoms with Crippen LogP contribution in [0.15, 0.2) is 48.5 Å². The van der Waals surface area contributed by atoms with Gasteiger partial charge >= 0.3 is 0 Å². The SMILES string of the molecule is Cc1ccccc1[C@H]1C[C@@H]1C(=O)NCC(=O)Nc1ccc(O)cc1. The first-order chi connectivity index (χ1) is 11.5. The molecule has 2 amide bonds. The van der Waals surface area contributed by atoms with Crippen LogP contribution in [-0.2, 0) is 9.59 Å². The van der Waals surface area contributed by atoms with Crippen LogP contribution in [0.2, 0.25) is 0 Å². The Balaban J connectivity index is 1.47. The summed E-state index contributed by atoms with van der Waals surface area (Å²) >= 11 is 0. The number of anilines is 1. The highest BCUT2D eigenvalue weighted by molar-refractivity contribution is 5.95. The number of rotatable bonds is 5. The number of phenols is 1. The van der Waals surface area contributed by atoms with Crippen molar-refractivity contribution in [1.82, 2.24) is 5.32 Å². The average molecular weight is 324 g/mol. The fourth-order valence-corrected chi connectivity index (χ4v) is 2.88. The Hall–Kier alpha value is -2.82. The van der Waals surface area contributed by atoms with Gasteiger partial charge in [-0.15, -0.1) is 0 Å². The molecule has 5 nitrogen and oxygen atoms in total. The number of aromatic hydroxyl groups is 1. The van der Waals surface area contributed by atoms with E-state index in [1.54, 1.807) is 12.1 Å². The lowest BCUT2D eigenvalue weighted by molar-refractivity contribution is -0.125. The van der Waals surface area contributed by atoms with E-state index in [1.807, 2.05) is 25.1 Å². The summed E-state index contributed by atoms with van der Waals surface area (Å²) < 4.78 is 0. The minimum absolute atomic E-state index is 0.0485. The second-order valence-electron chi connectivity index (χ2n) is 6.12. The average Bonchev–Trinajstić information content (AvgIpc) is 3.36. The number of amides is 2. The van der Waals surface area contributed by atoms with Gasteiger partial charge in [0.1, 0.15) is 5.75 Å². The number of carbonyl (C=O) groups is 2. The molecule has 0 spiro atoms. The lowest BCUT2D eigenvalue weighted by atomic mass is 10.0. The molecule has 2 aromatic rings. The summed E-state index contributed by atoms with van der Waals surface area (Å²) in [4.78, 5) is 24.0. The van der Waals surface area contributed by atoms with Crippen molar-refractivity contribution in [2.24, 2.45) is 5.92 Å². The summed E-state index contributed by atoms with van der Waals surface area (Å²) in [5.74, 6) is -0.0255. The fourth-order valence-electron chi connectivity index (χ4n) is 2.88. The molecule has 1 saturated carbocycles. The summed E-state index contributed by atoms with van der Waals surface area (Å²) in [6, 6.07) is 14.3. The van der Waals surface area contributed by atoms with E-state index in [2.05, 4.69) is 16.7 Å². The van der Waals surface area contributed by atoms with Gasteiger partial charge in [0, 0.05) is 11.6 Å². The van der Waals surface area contributed by atoms with Crippen LogP contribution in [0.5, 0.6) is 5.75 Å². The predicted octanol–water partition coefficient (Wildman–Crippen LogP) is 2.56. The van der Waals surface area contributed by atoms with Gasteiger partial charge in [-0.3, -0.25) is 9.59 Å². The molecule has 2 aromatic carbocycles. The molecule has 0 bridgehead atoms. The van der Waals surface area contributed by atoms with Gasteiger partial charge < -0.3 is 15.7 Å². The van der Waals surface area contributed by atoms with Crippen molar-refractivity contribution >= 4 is 17.5 Å². The number of aryl methyl sites for hydroxylation is 1. The quantitative estimate of drug-likeness (QED) is 0.740. The summed E-state index contributed by atoms with van der Waals surface area (Å²) in [6.45, 7) is 1.99. The second-order valence-corrected chi connectivity index (χ2v) is 6.12. The van der Waals surface area contributed by atoms with Gasteiger partial charge in [0.25, 0.3) is 0 Å². The van der Waals surface area contributed by atoms with Crippen LogP contribution in [0.1, 0.15) is 23.5 Å². The molecule has 124 valence electrons. The molecule has 3 rings (SSSR count). The predicted molar refractivity (Wildman–Crippen MR) is 91.8 cm³/mol. The Morgan fingerprint density at radius 3 is 2.54 bits per heavy atom. The van der Waals surface area contributed by atoms with Crippen LogP contribution < -0.4 is 10.6 Å². The Kier molecular flexibility index (Phi) is 4.51. The van der Waals surface area contributed by atoms with Crippen molar-refractivity contribution in [1.29, 1.82) is 0 Å². The Labute approximate surface area is 140 Å². The number of hydrogen-bond acceptors (Lipinski definition) is 3. The molecule has 2 atom stereocenters. The van der Waals surface area contributed by atoms with E-state index in [0.717, 1.165) is 6.42 Å². The molecule has 0 aromatic heterocycles. The Morgan fingerprint density at radius 1 is 1.12 bits per heavy atom. The summed E-state index contributed by atoms with van der Waals surface area (Å²) in [7, 11) is 0. The normalized spacial score (nSPS) is 18.7. The van der Waals surface area contributed by atoms with Gasteiger partial charge in [-0.2, -0.15) is 0 Å². The third-order valence-corrected chi connectivity index (χ3v) is 4.29. The van der Waals surface area contributed by atoms with E-state index < -0.39 is 0 Å². The largest absolute Gasteiger partial charge is 0.508 e. The zero-order valence-corrected chi connectivity index (χ0v) is 13.5. The van der Waals surface area contributed by atoms with E-state index in [9.17, 15) is 14.7 Å². The van der Waals surface area contributed by atoms with Gasteiger partial charge in [-0.05, 0) is 54.7 Å². The smallest absolute Gasteiger partial charge is 0.243 e. The molecule has 0 saturated heterocycles. The van der Waals surface area contributed by atoms with Crippen LogP contribution in [-0.4, -0.2) is 23.5 Å². The molecule has 5 heteroatoms. The monoisotopic (exact) mass is 324 g/mol. The first-order valence-corrected chi connectivity index (χ1v) is 7.96. The molecule has 1 aliphatic carbocycles. The van der Waals surface area contributed by atoms with Crippen LogP contribution in [0, 0.1) is 12.8 Å². The van der Waals surface area contributed by atoms with Crippen LogP contribution in [0.3, 0.4) is 0 Å². The lowest BCUT2D eigenvalue weighted by Crippen LogP contribution is -2.34. The third-order valence-electron chi connectivity index (χ3n) is 4.29. The van der Waals surface area contributed by atoms with Gasteiger partial charge in [0.05, 0.1) is 6.54 Å². The number of phenolic OH excluding ortho intramolecular Hbond substituents is 1. The molecule has 0 radical (unpaired) electrons. The van der Waals surface area contributed by atoms with E-state index in [4.69, 9.17) is 0 Å². The van der Waals surface area contributed by atoms with Crippen LogP contribution in [0.4, 0.5) is 5.69 Å². The maximum atomic E-state index is 12.2. The van der Waals surface area contributed by atoms with Crippen molar-refractivity contribution in [3.63, 3.8) is 0 Å². The molecule has 0 heterocycles. The van der Waals surface area contributed by atoms with E-state index >= 15 is 0 Å². The summed E-state index contributed by atoms with van der Waals surface area (Å²) in [5, 5.41) is 14.6. The Bertz CT molecular complexity index is 755. The highest BCUT2D eigenvalue weighted by atomic mass is 16.3. The van der Waals surface area contributed by atoms with Crippen LogP contribution in [0.25, 0.3) is 0 Å². The van der Waals surface area contributed by atoms with Crippen molar-refractivity contribution in [2.45, 2.75) is 19.3 Å². The van der Waals surface area contributed by atoms with Gasteiger partial charge in [0.2, 0.25) is 11.8 Å². The number of nitrogens with one attached hydrogen (secondary N) is 2. The number of carbonyl (C=O) groups excluding carboxylic acids is 2. The molecule has 24 heavy (non-hydrogen) atoms. The molecule has 0 aliphatic heterocycles. The summed E-state index contributed by atoms with van der Waals surface area (Å²) in [6.07, 6.45) is 0.830. The van der Waals surface area contributed by atoms with Gasteiger partial charge in [-0.25, -0.2) is 0 Å². The van der Waals surface area contributed by atoms with Gasteiger partial charge in [0.15, 0.2) is 0 Å². The van der Waals surface area contributed by atoms with Crippen molar-refractivity contribution in [3.05, 3.63) is 59.7 Å². The van der Waals surface area contributed by atoms with Crippen molar-refractivity contribution in [2.75, 3.05) is 11.9 Å². The maximum Gasteiger partial charge on any atom is 0.243 e. The maximum absolute atomic E-state index is 12.2. The number of hydrogen-bond donors (Lipinski definition) is 3. The van der Waals surface area contributed by atoms with Crippen LogP contribution >= 0.6 is 0 Å². The van der Waals surface area contributed by atoms with Crippen molar-refractivity contribution < 1.29 is 14.7 Å². The molecule has 1 aliphatic rings. The second kappa shape index (κ2) is 6.74. The van der Waals surface area contributed by atoms with Crippen molar-refractivity contribution in [3.8, 4) is 5.75 Å². The lowest BCUT2D eigenvalue weighted by Gasteiger charge is -2.08. The topological polar surface area (TPSA) is 78.4 Å². The minimum atomic E-state index is -0.290. The standard InChI is InChI=1S/C19H20N2O3/c1-12-4-2-3-5-15(12)16-10-17(16)19(24)20-11-18(23)21-13-6-8-14(22)9-7-13/h2-9,16-17,22H,10-11H2,1H3,(H,20,24)(H,21,23)/t16-,17+/m1/s1. The fraction of sp³-hybridized carbons (Fsp3) is 0.263. The van der Waals surface area contributed by atoms with Gasteiger partial charge in [-0.1, -0.05) is 24.3 Å². The zero-order chi connectivity index (χ0) is 17.1. The molecule has 1 fully saturated rings. The summed E-state index contributed by atoms with van der Waals surface area (Å²) in [5.41, 5.74) is 2.99. The highest BCUT2D eigenvalue weighted by Crippen LogP contribution is 2.48. The zero-order valence-electron chi connectivity index (χ0n) is 13.5. The molecular formula is C19H20N2O3. The molecule has 0 unspecified atom stereocenters. The molecule has 3 N–H and O–H groups in total. The molecular weight excluding hydrogens is 304 g/mol. The third kappa shape index (κ3) is 3.74. The minimum Gasteiger partial charge on any atom is -0.508 e. The van der Waals surface area contributed by atoms with E-state index in [-0.39, 0.29) is 35.9 Å². The van der Waals surface area contributed by atoms with E-state index in [1.165, 1.54) is 23.3 Å². The first kappa shape index (κ1) is 16.1. The first-order valence-electron chi connectivity index (χ1n) is 7.96.